The number of halogens is 2. The van der Waals surface area contributed by atoms with Crippen LogP contribution in [0.25, 0.3) is 0 Å². The summed E-state index contributed by atoms with van der Waals surface area (Å²) in [7, 11) is -3.64. The third kappa shape index (κ3) is 5.51. The molecule has 3 saturated heterocycles. The second-order valence-electron chi connectivity index (χ2n) is 11.2. The van der Waals surface area contributed by atoms with E-state index in [0.29, 0.717) is 41.1 Å². The van der Waals surface area contributed by atoms with Gasteiger partial charge in [-0.25, -0.2) is 22.2 Å². The number of hydrogen-bond donors (Lipinski definition) is 2. The minimum atomic E-state index is -3.64. The monoisotopic (exact) mass is 562 g/mol. The second kappa shape index (κ2) is 9.54. The highest BCUT2D eigenvalue weighted by Crippen LogP contribution is 2.54. The Morgan fingerprint density at radius 2 is 1.82 bits per heavy atom. The normalized spacial score (nSPS) is 23.4. The molecule has 3 aliphatic heterocycles. The van der Waals surface area contributed by atoms with Crippen LogP contribution >= 0.6 is 0 Å². The van der Waals surface area contributed by atoms with E-state index in [1.54, 1.807) is 31.2 Å². The van der Waals surface area contributed by atoms with Gasteiger partial charge in [0, 0.05) is 31.5 Å². The van der Waals surface area contributed by atoms with Crippen LogP contribution < -0.4 is 19.8 Å². The number of ether oxygens (including phenoxy) is 1. The van der Waals surface area contributed by atoms with E-state index in [1.165, 1.54) is 17.7 Å². The third-order valence-corrected chi connectivity index (χ3v) is 9.93. The zero-order valence-corrected chi connectivity index (χ0v) is 22.6. The summed E-state index contributed by atoms with van der Waals surface area (Å²) in [6.07, 6.45) is 4.95. The van der Waals surface area contributed by atoms with Crippen LogP contribution in [0, 0.1) is 12.3 Å². The maximum Gasteiger partial charge on any atom is 0.282 e. The first-order chi connectivity index (χ1) is 18.5. The molecule has 1 saturated carbocycles. The number of rotatable bonds is 7. The van der Waals surface area contributed by atoms with E-state index < -0.39 is 40.2 Å². The predicted molar refractivity (Wildman–Crippen MR) is 143 cm³/mol. The Balaban J connectivity index is 1.25. The van der Waals surface area contributed by atoms with Gasteiger partial charge in [-0.3, -0.25) is 9.52 Å². The first-order valence-corrected chi connectivity index (χ1v) is 14.8. The first-order valence-electron chi connectivity index (χ1n) is 13.3. The molecule has 10 nitrogen and oxygen atoms in total. The van der Waals surface area contributed by atoms with E-state index >= 15 is 0 Å². The fourth-order valence-electron chi connectivity index (χ4n) is 5.55. The van der Waals surface area contributed by atoms with Crippen molar-refractivity contribution in [2.75, 3.05) is 59.2 Å². The molecule has 210 valence electrons. The zero-order chi connectivity index (χ0) is 27.4. The minimum absolute atomic E-state index is 0.142. The molecular formula is C26H32F2N6O4S. The summed E-state index contributed by atoms with van der Waals surface area (Å²) in [5.74, 6) is -2.84. The molecule has 0 radical (unpaired) electrons. The lowest BCUT2D eigenvalue weighted by Crippen LogP contribution is -2.57. The van der Waals surface area contributed by atoms with Gasteiger partial charge in [-0.05, 0) is 62.6 Å². The average molecular weight is 563 g/mol. The summed E-state index contributed by atoms with van der Waals surface area (Å²) in [6.45, 7) is 2.90. The van der Waals surface area contributed by atoms with E-state index in [9.17, 15) is 22.0 Å². The summed E-state index contributed by atoms with van der Waals surface area (Å²) in [5, 5.41) is 2.18. The maximum atomic E-state index is 13.5. The molecule has 1 atom stereocenters. The van der Waals surface area contributed by atoms with Crippen molar-refractivity contribution in [3.63, 3.8) is 0 Å². The molecule has 0 bridgehead atoms. The minimum Gasteiger partial charge on any atom is -0.380 e. The summed E-state index contributed by atoms with van der Waals surface area (Å²) in [5.41, 5.74) is 2.36. The van der Waals surface area contributed by atoms with E-state index in [-0.39, 0.29) is 18.4 Å². The van der Waals surface area contributed by atoms with Crippen molar-refractivity contribution in [2.45, 2.75) is 50.2 Å². The van der Waals surface area contributed by atoms with Gasteiger partial charge < -0.3 is 19.9 Å². The van der Waals surface area contributed by atoms with Crippen LogP contribution in [0.1, 0.15) is 48.2 Å². The number of anilines is 4. The van der Waals surface area contributed by atoms with Crippen molar-refractivity contribution in [1.82, 2.24) is 9.97 Å². The van der Waals surface area contributed by atoms with Gasteiger partial charge in [-0.15, -0.1) is 0 Å². The summed E-state index contributed by atoms with van der Waals surface area (Å²) in [4.78, 5) is 25.6. The molecule has 1 aliphatic carbocycles. The molecular weight excluding hydrogens is 530 g/mol. The molecule has 1 amide bonds. The number of piperidine rings is 1. The van der Waals surface area contributed by atoms with Crippen molar-refractivity contribution in [3.8, 4) is 0 Å². The van der Waals surface area contributed by atoms with Gasteiger partial charge in [-0.1, -0.05) is 0 Å². The first kappa shape index (κ1) is 26.2. The Morgan fingerprint density at radius 3 is 2.46 bits per heavy atom. The van der Waals surface area contributed by atoms with Gasteiger partial charge >= 0.3 is 0 Å². The van der Waals surface area contributed by atoms with Gasteiger partial charge in [0.15, 0.2) is 0 Å². The quantitative estimate of drug-likeness (QED) is 0.528. The smallest absolute Gasteiger partial charge is 0.282 e. The number of aryl methyl sites for hydroxylation is 1. The summed E-state index contributed by atoms with van der Waals surface area (Å²) < 4.78 is 60.5. The van der Waals surface area contributed by atoms with E-state index in [4.69, 9.17) is 4.74 Å². The van der Waals surface area contributed by atoms with Gasteiger partial charge in [0.2, 0.25) is 16.0 Å². The van der Waals surface area contributed by atoms with Gasteiger partial charge in [0.05, 0.1) is 36.6 Å². The van der Waals surface area contributed by atoms with Gasteiger partial charge in [-0.2, -0.15) is 4.98 Å². The predicted octanol–water partition coefficient (Wildman–Crippen LogP) is 3.40. The molecule has 6 rings (SSSR count). The van der Waals surface area contributed by atoms with Crippen molar-refractivity contribution < 1.29 is 26.7 Å². The van der Waals surface area contributed by atoms with Crippen LogP contribution in [0.2, 0.25) is 0 Å². The average Bonchev–Trinajstić information content (AvgIpc) is 3.36. The van der Waals surface area contributed by atoms with Crippen LogP contribution in [0.3, 0.4) is 0 Å². The number of carbonyl (C=O) groups excluding carboxylic acids is 1. The highest BCUT2D eigenvalue weighted by atomic mass is 32.2. The molecule has 1 aromatic heterocycles. The van der Waals surface area contributed by atoms with Crippen LogP contribution in [-0.4, -0.2) is 74.9 Å². The number of sulfonamides is 1. The van der Waals surface area contributed by atoms with Crippen molar-refractivity contribution in [1.29, 1.82) is 0 Å². The van der Waals surface area contributed by atoms with Crippen LogP contribution in [0.15, 0.2) is 24.3 Å². The highest BCUT2D eigenvalue weighted by Gasteiger charge is 2.46. The number of alkyl halides is 2. The molecule has 4 aliphatic rings. The standard InChI is InChI=1S/C26H32F2N6O4S/c1-17-12-22(31-24(29-17)34-15-26(27,28)16-34)30-23(35)20-3-2-18(32-39(36,37)19-4-11-38-14-19)13-21(20)33-9-7-25(5-6-25)8-10-33/h2-3,12-13,19,32H,4-11,14-16H2,1H3,(H,29,30,31,35). The lowest BCUT2D eigenvalue weighted by atomic mass is 9.93. The van der Waals surface area contributed by atoms with Crippen LogP contribution in [0.5, 0.6) is 0 Å². The Kier molecular flexibility index (Phi) is 6.41. The summed E-state index contributed by atoms with van der Waals surface area (Å²) in [6, 6.07) is 6.49. The molecule has 39 heavy (non-hydrogen) atoms. The number of nitrogens with zero attached hydrogens (tertiary/aromatic N) is 4. The molecule has 13 heteroatoms. The Bertz CT molecular complexity index is 1380. The van der Waals surface area contributed by atoms with Crippen molar-refractivity contribution in [3.05, 3.63) is 35.5 Å². The van der Waals surface area contributed by atoms with Crippen molar-refractivity contribution >= 4 is 39.1 Å². The Morgan fingerprint density at radius 1 is 1.08 bits per heavy atom. The number of carbonyl (C=O) groups is 1. The zero-order valence-electron chi connectivity index (χ0n) is 21.8. The lowest BCUT2D eigenvalue weighted by molar-refractivity contribution is -0.0271. The topological polar surface area (TPSA) is 117 Å². The number of hydrogen-bond acceptors (Lipinski definition) is 8. The fraction of sp³-hybridized carbons (Fsp3) is 0.577. The Labute approximate surface area is 226 Å². The van der Waals surface area contributed by atoms with Gasteiger partial charge in [0.25, 0.3) is 11.8 Å². The number of amides is 1. The molecule has 1 aromatic carbocycles. The fourth-order valence-corrected chi connectivity index (χ4v) is 6.85. The molecule has 4 fully saturated rings. The number of benzene rings is 1. The molecule has 4 heterocycles. The molecule has 1 spiro atoms. The maximum absolute atomic E-state index is 13.5. The largest absolute Gasteiger partial charge is 0.380 e. The summed E-state index contributed by atoms with van der Waals surface area (Å²) >= 11 is 0. The third-order valence-electron chi connectivity index (χ3n) is 8.16. The highest BCUT2D eigenvalue weighted by molar-refractivity contribution is 7.93. The van der Waals surface area contributed by atoms with E-state index in [0.717, 1.165) is 25.9 Å². The molecule has 1 unspecified atom stereocenters. The van der Waals surface area contributed by atoms with Crippen LogP contribution in [-0.2, 0) is 14.8 Å². The van der Waals surface area contributed by atoms with Gasteiger partial charge in [0.1, 0.15) is 11.1 Å². The van der Waals surface area contributed by atoms with E-state index in [1.807, 2.05) is 0 Å². The van der Waals surface area contributed by atoms with E-state index in [2.05, 4.69) is 24.9 Å². The van der Waals surface area contributed by atoms with Crippen LogP contribution in [0.4, 0.5) is 31.9 Å². The lowest BCUT2D eigenvalue weighted by Gasteiger charge is -2.38. The number of aromatic nitrogens is 2. The molecule has 2 aromatic rings. The second-order valence-corrected chi connectivity index (χ2v) is 13.2. The van der Waals surface area contributed by atoms with Crippen molar-refractivity contribution in [2.24, 2.45) is 5.41 Å². The Hall–Kier alpha value is -3.06. The molecule has 2 N–H and O–H groups in total. The number of nitrogens with one attached hydrogen (secondary N) is 2. The SMILES string of the molecule is Cc1cc(NC(=O)c2ccc(NS(=O)(=O)C3CCOC3)cc2N2CCC3(CC2)CC3)nc(N2CC(F)(F)C2)n1.